The Hall–Kier alpha value is -4.72. The Morgan fingerprint density at radius 2 is 1.69 bits per heavy atom. The number of fused-ring (bicyclic) bond motifs is 4. The lowest BCUT2D eigenvalue weighted by Crippen LogP contribution is -2.53. The lowest BCUT2D eigenvalue weighted by atomic mass is 9.49. The average molecular weight is 818 g/mol. The number of carboxylic acid groups (broad SMARTS) is 1. The molecule has 0 spiro atoms. The molecule has 2 aliphatic heterocycles. The maximum absolute atomic E-state index is 15.3. The van der Waals surface area contributed by atoms with Gasteiger partial charge < -0.3 is 14.9 Å². The van der Waals surface area contributed by atoms with Crippen molar-refractivity contribution in [1.29, 1.82) is 0 Å². The molecule has 7 rings (SSSR count). The fourth-order valence-corrected chi connectivity index (χ4v) is 9.67. The van der Waals surface area contributed by atoms with Crippen molar-refractivity contribution in [3.05, 3.63) is 98.6 Å². The van der Waals surface area contributed by atoms with Gasteiger partial charge in [0, 0.05) is 18.9 Å². The van der Waals surface area contributed by atoms with Crippen LogP contribution in [0.15, 0.2) is 78.4 Å². The highest BCUT2D eigenvalue weighted by molar-refractivity contribution is 14.1. The van der Waals surface area contributed by atoms with Crippen molar-refractivity contribution in [1.82, 2.24) is 9.91 Å². The van der Waals surface area contributed by atoms with Crippen molar-refractivity contribution >= 4 is 57.9 Å². The molecule has 4 aliphatic rings. The highest BCUT2D eigenvalue weighted by Gasteiger charge is 2.70. The number of nitrogens with zero attached hydrogens (tertiary/aromatic N) is 2. The van der Waals surface area contributed by atoms with Crippen LogP contribution in [0.1, 0.15) is 61.1 Å². The fourth-order valence-electron chi connectivity index (χ4n) is 9.05. The SMILES string of the molecule is COc1cc(C2C3=CCC4C(=O)N(CCCCCC(=O)O)C(=O)C4C3CC3C(=O)N(Nc4ccc(C)cc4)C(=O)C32c2ccccc2)cc(I)c1O. The first-order chi connectivity index (χ1) is 25.0. The zero-order chi connectivity index (χ0) is 36.9. The highest BCUT2D eigenvalue weighted by atomic mass is 127. The number of aryl methyl sites for hydroxylation is 1. The Morgan fingerprint density at radius 1 is 0.962 bits per heavy atom. The van der Waals surface area contributed by atoms with Crippen molar-refractivity contribution in [2.45, 2.75) is 56.8 Å². The summed E-state index contributed by atoms with van der Waals surface area (Å²) in [5, 5.41) is 21.0. The number of carbonyl (C=O) groups is 5. The first-order valence-corrected chi connectivity index (χ1v) is 18.7. The Labute approximate surface area is 315 Å². The second kappa shape index (κ2) is 14.0. The van der Waals surface area contributed by atoms with E-state index in [4.69, 9.17) is 9.84 Å². The van der Waals surface area contributed by atoms with Crippen LogP contribution in [0.3, 0.4) is 0 Å². The lowest BCUT2D eigenvalue weighted by molar-refractivity contribution is -0.141. The second-order valence-electron chi connectivity index (χ2n) is 14.2. The number of hydrogen-bond donors (Lipinski definition) is 3. The number of anilines is 1. The zero-order valence-electron chi connectivity index (χ0n) is 28.9. The van der Waals surface area contributed by atoms with Gasteiger partial charge in [-0.15, -0.1) is 0 Å². The van der Waals surface area contributed by atoms with E-state index >= 15 is 4.79 Å². The minimum Gasteiger partial charge on any atom is -0.504 e. The highest BCUT2D eigenvalue weighted by Crippen LogP contribution is 2.64. The number of phenolic OH excluding ortho intramolecular Hbond substituents is 1. The van der Waals surface area contributed by atoms with Gasteiger partial charge in [0.05, 0.1) is 39.5 Å². The van der Waals surface area contributed by atoms with Crippen molar-refractivity contribution in [3.8, 4) is 11.5 Å². The van der Waals surface area contributed by atoms with Crippen LogP contribution >= 0.6 is 22.6 Å². The monoisotopic (exact) mass is 817 g/mol. The number of halogens is 1. The molecule has 2 aliphatic carbocycles. The van der Waals surface area contributed by atoms with Crippen LogP contribution in [0, 0.1) is 34.2 Å². The number of hydrazine groups is 1. The smallest absolute Gasteiger partial charge is 0.303 e. The molecule has 3 fully saturated rings. The van der Waals surface area contributed by atoms with Crippen LogP contribution in [-0.4, -0.2) is 63.4 Å². The number of aromatic hydroxyl groups is 1. The summed E-state index contributed by atoms with van der Waals surface area (Å²) in [4.78, 5) is 70.5. The molecule has 1 saturated carbocycles. The van der Waals surface area contributed by atoms with Crippen LogP contribution in [-0.2, 0) is 29.4 Å². The zero-order valence-corrected chi connectivity index (χ0v) is 31.0. The molecule has 4 amide bonds. The summed E-state index contributed by atoms with van der Waals surface area (Å²) in [5.74, 6) is -5.62. The summed E-state index contributed by atoms with van der Waals surface area (Å²) in [6, 6.07) is 20.2. The largest absolute Gasteiger partial charge is 0.504 e. The molecule has 3 N–H and O–H groups in total. The number of aliphatic carboxylic acids is 1. The molecule has 2 saturated heterocycles. The number of hydrogen-bond acceptors (Lipinski definition) is 8. The van der Waals surface area contributed by atoms with Crippen LogP contribution in [0.4, 0.5) is 5.69 Å². The molecule has 0 bridgehead atoms. The van der Waals surface area contributed by atoms with E-state index in [-0.39, 0.29) is 42.7 Å². The standard InChI is InChI=1S/C40H40IN3O8/c1-22-12-14-25(15-13-22)42-44-37(49)29-21-28-26(16-17-27-33(28)38(50)43(36(27)48)18-8-4-7-11-32(45)46)34(23-19-30(41)35(47)31(20-23)52-2)40(29,39(44)51)24-9-5-3-6-10-24/h3,5-6,9-10,12-16,19-20,27-29,33-34,42,47H,4,7-8,11,17-18,21H2,1-2H3,(H,45,46). The van der Waals surface area contributed by atoms with E-state index in [0.29, 0.717) is 46.1 Å². The van der Waals surface area contributed by atoms with Gasteiger partial charge in [0.1, 0.15) is 0 Å². The summed E-state index contributed by atoms with van der Waals surface area (Å²) < 4.78 is 6.09. The van der Waals surface area contributed by atoms with E-state index in [9.17, 15) is 24.3 Å². The lowest BCUT2D eigenvalue weighted by Gasteiger charge is -2.50. The Bertz CT molecular complexity index is 1980. The molecular formula is C40H40IN3O8. The molecule has 3 aromatic carbocycles. The number of benzene rings is 3. The third-order valence-electron chi connectivity index (χ3n) is 11.4. The summed E-state index contributed by atoms with van der Waals surface area (Å²) in [6.07, 6.45) is 4.01. The molecule has 6 atom stereocenters. The number of rotatable bonds is 11. The van der Waals surface area contributed by atoms with E-state index < -0.39 is 52.8 Å². The second-order valence-corrected chi connectivity index (χ2v) is 15.3. The number of carboxylic acids is 1. The van der Waals surface area contributed by atoms with E-state index in [2.05, 4.69) is 5.43 Å². The minimum atomic E-state index is -1.44. The number of methoxy groups -OCH3 is 1. The predicted octanol–water partition coefficient (Wildman–Crippen LogP) is 5.94. The van der Waals surface area contributed by atoms with Gasteiger partial charge in [0.2, 0.25) is 11.8 Å². The van der Waals surface area contributed by atoms with Gasteiger partial charge in [-0.1, -0.05) is 66.1 Å². The molecule has 12 heteroatoms. The van der Waals surface area contributed by atoms with Crippen molar-refractivity contribution in [2.75, 3.05) is 19.1 Å². The fraction of sp³-hybridized carbons (Fsp3) is 0.375. The van der Waals surface area contributed by atoms with Crippen LogP contribution in [0.2, 0.25) is 0 Å². The predicted molar refractivity (Wildman–Crippen MR) is 199 cm³/mol. The van der Waals surface area contributed by atoms with E-state index in [0.717, 1.165) is 16.1 Å². The number of unbranched alkanes of at least 4 members (excludes halogenated alkanes) is 2. The summed E-state index contributed by atoms with van der Waals surface area (Å²) >= 11 is 2.03. The molecule has 0 aromatic heterocycles. The van der Waals surface area contributed by atoms with Gasteiger partial charge in [0.15, 0.2) is 11.5 Å². The number of allylic oxidation sites excluding steroid dienone is 2. The summed E-state index contributed by atoms with van der Waals surface area (Å²) in [7, 11) is 1.45. The van der Waals surface area contributed by atoms with E-state index in [1.165, 1.54) is 12.0 Å². The van der Waals surface area contributed by atoms with E-state index in [1.54, 1.807) is 12.1 Å². The van der Waals surface area contributed by atoms with Gasteiger partial charge in [-0.05, 0) is 96.5 Å². The van der Waals surface area contributed by atoms with Crippen molar-refractivity contribution in [2.24, 2.45) is 23.7 Å². The third kappa shape index (κ3) is 5.75. The number of carbonyl (C=O) groups excluding carboxylic acids is 4. The van der Waals surface area contributed by atoms with Crippen LogP contribution in [0.25, 0.3) is 0 Å². The summed E-state index contributed by atoms with van der Waals surface area (Å²) in [6.45, 7) is 2.15. The average Bonchev–Trinajstić information content (AvgIpc) is 3.50. The molecule has 6 unspecified atom stereocenters. The first kappa shape index (κ1) is 35.7. The van der Waals surface area contributed by atoms with Crippen LogP contribution < -0.4 is 10.2 Å². The maximum atomic E-state index is 15.3. The Kier molecular flexibility index (Phi) is 9.62. The van der Waals surface area contributed by atoms with Gasteiger partial charge in [-0.3, -0.25) is 34.3 Å². The van der Waals surface area contributed by atoms with Crippen molar-refractivity contribution < 1.29 is 38.9 Å². The number of likely N-dealkylation sites (tertiary alicyclic amines) is 1. The number of phenols is 1. The number of ether oxygens (including phenoxy) is 1. The topological polar surface area (TPSA) is 154 Å². The molecule has 0 radical (unpaired) electrons. The van der Waals surface area contributed by atoms with E-state index in [1.807, 2.05) is 90.2 Å². The van der Waals surface area contributed by atoms with Gasteiger partial charge in [-0.25, -0.2) is 0 Å². The third-order valence-corrected chi connectivity index (χ3v) is 12.2. The number of nitrogens with one attached hydrogen (secondary N) is 1. The molecule has 2 heterocycles. The molecular weight excluding hydrogens is 777 g/mol. The minimum absolute atomic E-state index is 0.0258. The normalized spacial score (nSPS) is 26.5. The number of imide groups is 2. The number of amides is 4. The molecule has 3 aromatic rings. The van der Waals surface area contributed by atoms with Gasteiger partial charge in [-0.2, -0.15) is 5.01 Å². The van der Waals surface area contributed by atoms with Crippen molar-refractivity contribution in [3.63, 3.8) is 0 Å². The Balaban J connectivity index is 1.36. The molecule has 11 nitrogen and oxygen atoms in total. The summed E-state index contributed by atoms with van der Waals surface area (Å²) in [5.41, 5.74) is 5.36. The molecule has 52 heavy (non-hydrogen) atoms. The molecule has 270 valence electrons. The van der Waals surface area contributed by atoms with Gasteiger partial charge in [0.25, 0.3) is 11.8 Å². The Morgan fingerprint density at radius 3 is 2.38 bits per heavy atom. The van der Waals surface area contributed by atoms with Crippen LogP contribution in [0.5, 0.6) is 11.5 Å². The first-order valence-electron chi connectivity index (χ1n) is 17.6. The van der Waals surface area contributed by atoms with Gasteiger partial charge >= 0.3 is 5.97 Å². The quantitative estimate of drug-likeness (QED) is 0.0924. The maximum Gasteiger partial charge on any atom is 0.303 e.